The molecule has 38 heavy (non-hydrogen) atoms. The molecule has 0 fully saturated rings. The lowest BCUT2D eigenvalue weighted by molar-refractivity contribution is -0.148. The van der Waals surface area contributed by atoms with Crippen LogP contribution in [0.4, 0.5) is 5.69 Å². The molecule has 2 amide bonds. The average molecular weight is 517 g/mol. The average Bonchev–Trinajstić information content (AvgIpc) is 2.89. The number of ether oxygens (including phenoxy) is 2. The molecule has 0 radical (unpaired) electrons. The summed E-state index contributed by atoms with van der Waals surface area (Å²) < 4.78 is 11.1. The van der Waals surface area contributed by atoms with Crippen molar-refractivity contribution in [3.8, 4) is 11.5 Å². The summed E-state index contributed by atoms with van der Waals surface area (Å²) in [6.45, 7) is 7.79. The molecule has 0 unspecified atom stereocenters. The highest BCUT2D eigenvalue weighted by Crippen LogP contribution is 2.32. The van der Waals surface area contributed by atoms with Crippen LogP contribution in [-0.2, 0) is 19.1 Å². The van der Waals surface area contributed by atoms with E-state index in [1.807, 2.05) is 62.4 Å². The van der Waals surface area contributed by atoms with Crippen LogP contribution < -0.4 is 15.4 Å². The summed E-state index contributed by atoms with van der Waals surface area (Å²) in [5, 5.41) is 5.61. The van der Waals surface area contributed by atoms with Gasteiger partial charge in [0.1, 0.15) is 11.5 Å². The van der Waals surface area contributed by atoms with Crippen LogP contribution in [0.5, 0.6) is 11.5 Å². The predicted octanol–water partition coefficient (Wildman–Crippen LogP) is 6.44. The lowest BCUT2D eigenvalue weighted by Gasteiger charge is -2.15. The van der Waals surface area contributed by atoms with E-state index in [2.05, 4.69) is 36.6 Å². The molecule has 0 saturated heterocycles. The maximum absolute atomic E-state index is 12.3. The Morgan fingerprint density at radius 3 is 2.24 bits per heavy atom. The van der Waals surface area contributed by atoms with Crippen molar-refractivity contribution in [1.82, 2.24) is 5.32 Å². The second-order valence-corrected chi connectivity index (χ2v) is 9.58. The molecule has 3 aromatic rings. The number of carbonyl (C=O) groups is 3. The van der Waals surface area contributed by atoms with Gasteiger partial charge in [0.25, 0.3) is 5.91 Å². The number of esters is 1. The first-order chi connectivity index (χ1) is 18.2. The molecular weight excluding hydrogens is 480 g/mol. The smallest absolute Gasteiger partial charge is 0.306 e. The molecule has 0 aliphatic carbocycles. The Labute approximate surface area is 224 Å². The van der Waals surface area contributed by atoms with Crippen molar-refractivity contribution in [2.75, 3.05) is 11.9 Å². The topological polar surface area (TPSA) is 93.7 Å². The van der Waals surface area contributed by atoms with Gasteiger partial charge < -0.3 is 20.1 Å². The van der Waals surface area contributed by atoms with E-state index in [9.17, 15) is 14.4 Å². The van der Waals surface area contributed by atoms with E-state index in [-0.39, 0.29) is 37.3 Å². The molecule has 3 rings (SSSR count). The monoisotopic (exact) mass is 516 g/mol. The number of anilines is 1. The van der Waals surface area contributed by atoms with Gasteiger partial charge in [0.05, 0.1) is 6.04 Å². The fourth-order valence-corrected chi connectivity index (χ4v) is 3.88. The molecule has 0 aliphatic rings. The van der Waals surface area contributed by atoms with Gasteiger partial charge in [-0.25, -0.2) is 0 Å². The van der Waals surface area contributed by atoms with Crippen LogP contribution in [0.1, 0.15) is 68.7 Å². The summed E-state index contributed by atoms with van der Waals surface area (Å²) in [6.07, 6.45) is 0.529. The highest BCUT2D eigenvalue weighted by Gasteiger charge is 2.13. The van der Waals surface area contributed by atoms with E-state index < -0.39 is 5.97 Å². The first kappa shape index (κ1) is 28.4. The number of hydrogen-bond donors (Lipinski definition) is 2. The molecule has 3 aromatic carbocycles. The zero-order valence-electron chi connectivity index (χ0n) is 22.5. The van der Waals surface area contributed by atoms with Crippen molar-refractivity contribution in [2.24, 2.45) is 0 Å². The van der Waals surface area contributed by atoms with E-state index in [1.54, 1.807) is 12.1 Å². The minimum Gasteiger partial charge on any atom is -0.457 e. The summed E-state index contributed by atoms with van der Waals surface area (Å²) in [4.78, 5) is 36.3. The van der Waals surface area contributed by atoms with Crippen molar-refractivity contribution in [2.45, 2.75) is 58.9 Å². The summed E-state index contributed by atoms with van der Waals surface area (Å²) in [5.74, 6) is 0.748. The minimum atomic E-state index is -0.515. The number of hydrogen-bond acceptors (Lipinski definition) is 5. The molecule has 0 bridgehead atoms. The summed E-state index contributed by atoms with van der Waals surface area (Å²) in [7, 11) is 0. The Hall–Kier alpha value is -4.13. The van der Waals surface area contributed by atoms with Gasteiger partial charge in [-0.2, -0.15) is 0 Å². The summed E-state index contributed by atoms with van der Waals surface area (Å²) >= 11 is 0. The van der Waals surface area contributed by atoms with Crippen molar-refractivity contribution in [3.05, 3.63) is 89.5 Å². The number of aryl methyl sites for hydroxylation is 1. The molecule has 0 saturated carbocycles. The van der Waals surface area contributed by atoms with Crippen LogP contribution >= 0.6 is 0 Å². The predicted molar refractivity (Wildman–Crippen MR) is 148 cm³/mol. The second kappa shape index (κ2) is 14.0. The first-order valence-corrected chi connectivity index (χ1v) is 12.9. The Bertz CT molecular complexity index is 1220. The fraction of sp³-hybridized carbons (Fsp3) is 0.323. The van der Waals surface area contributed by atoms with Crippen molar-refractivity contribution in [1.29, 1.82) is 0 Å². The van der Waals surface area contributed by atoms with Crippen LogP contribution in [0.15, 0.2) is 72.8 Å². The number of carbonyl (C=O) groups excluding carboxylic acids is 3. The molecule has 1 atom stereocenters. The van der Waals surface area contributed by atoms with Crippen LogP contribution in [0, 0.1) is 6.92 Å². The van der Waals surface area contributed by atoms with Crippen LogP contribution in [0.25, 0.3) is 0 Å². The Morgan fingerprint density at radius 2 is 1.55 bits per heavy atom. The van der Waals surface area contributed by atoms with E-state index in [1.165, 1.54) is 0 Å². The van der Waals surface area contributed by atoms with E-state index >= 15 is 0 Å². The molecular formula is C31H36N2O5. The summed E-state index contributed by atoms with van der Waals surface area (Å²) in [5.41, 5.74) is 3.86. The van der Waals surface area contributed by atoms with Crippen molar-refractivity contribution >= 4 is 23.5 Å². The zero-order valence-corrected chi connectivity index (χ0v) is 22.5. The second-order valence-electron chi connectivity index (χ2n) is 9.58. The van der Waals surface area contributed by atoms with E-state index in [4.69, 9.17) is 9.47 Å². The molecule has 200 valence electrons. The van der Waals surface area contributed by atoms with Crippen molar-refractivity contribution < 1.29 is 23.9 Å². The lowest BCUT2D eigenvalue weighted by Crippen LogP contribution is -2.31. The number of amides is 2. The SMILES string of the molecule is Cc1ccc(C(C)C)c(Oc2ccc(NC(=O)CCCC(=O)OCC(=O)N[C@H](C)c3ccccc3)cc2)c1. The van der Waals surface area contributed by atoms with Gasteiger partial charge in [-0.05, 0) is 73.2 Å². The maximum atomic E-state index is 12.3. The molecule has 0 aromatic heterocycles. The normalized spacial score (nSPS) is 11.5. The van der Waals surface area contributed by atoms with Crippen LogP contribution in [-0.4, -0.2) is 24.4 Å². The molecule has 7 heteroatoms. The van der Waals surface area contributed by atoms with Crippen LogP contribution in [0.2, 0.25) is 0 Å². The zero-order chi connectivity index (χ0) is 27.5. The first-order valence-electron chi connectivity index (χ1n) is 12.9. The lowest BCUT2D eigenvalue weighted by atomic mass is 10.0. The highest BCUT2D eigenvalue weighted by atomic mass is 16.5. The standard InChI is InChI=1S/C31H36N2O5/c1-21(2)27-18-13-22(3)19-28(27)38-26-16-14-25(15-17-26)33-29(34)11-8-12-31(36)37-20-30(35)32-23(4)24-9-6-5-7-10-24/h5-7,9-10,13-19,21,23H,8,11-12,20H2,1-4H3,(H,32,35)(H,33,34)/t23-/m1/s1. The third kappa shape index (κ3) is 9.07. The quantitative estimate of drug-likeness (QED) is 0.270. The fourth-order valence-electron chi connectivity index (χ4n) is 3.88. The minimum absolute atomic E-state index is 0.0520. The van der Waals surface area contributed by atoms with E-state index in [0.29, 0.717) is 23.8 Å². The van der Waals surface area contributed by atoms with Gasteiger partial charge in [-0.3, -0.25) is 14.4 Å². The summed E-state index contributed by atoms with van der Waals surface area (Å²) in [6, 6.07) is 22.7. The van der Waals surface area contributed by atoms with Crippen LogP contribution in [0.3, 0.4) is 0 Å². The highest BCUT2D eigenvalue weighted by molar-refractivity contribution is 5.91. The number of benzene rings is 3. The largest absolute Gasteiger partial charge is 0.457 e. The third-order valence-electron chi connectivity index (χ3n) is 5.98. The maximum Gasteiger partial charge on any atom is 0.306 e. The van der Waals surface area contributed by atoms with Gasteiger partial charge in [0.15, 0.2) is 6.61 Å². The third-order valence-corrected chi connectivity index (χ3v) is 5.98. The number of rotatable bonds is 12. The van der Waals surface area contributed by atoms with E-state index in [0.717, 1.165) is 22.4 Å². The molecule has 7 nitrogen and oxygen atoms in total. The molecule has 0 heterocycles. The van der Waals surface area contributed by atoms with Crippen molar-refractivity contribution in [3.63, 3.8) is 0 Å². The molecule has 0 aliphatic heterocycles. The van der Waals surface area contributed by atoms with Gasteiger partial charge in [0.2, 0.25) is 5.91 Å². The van der Waals surface area contributed by atoms with Gasteiger partial charge in [-0.15, -0.1) is 0 Å². The number of nitrogens with one attached hydrogen (secondary N) is 2. The van der Waals surface area contributed by atoms with Gasteiger partial charge >= 0.3 is 5.97 Å². The Kier molecular flexibility index (Phi) is 10.5. The Balaban J connectivity index is 1.36. The van der Waals surface area contributed by atoms with Gasteiger partial charge in [0, 0.05) is 18.5 Å². The molecule has 0 spiro atoms. The van der Waals surface area contributed by atoms with Gasteiger partial charge in [-0.1, -0.05) is 56.3 Å². The Morgan fingerprint density at radius 1 is 0.842 bits per heavy atom. The molecule has 2 N–H and O–H groups in total.